The molecule has 0 saturated heterocycles. The molecule has 2 aromatic carbocycles. The molecule has 1 N–H and O–H groups in total. The van der Waals surface area contributed by atoms with Crippen LogP contribution in [0.2, 0.25) is 0 Å². The lowest BCUT2D eigenvalue weighted by molar-refractivity contribution is -0.121. The van der Waals surface area contributed by atoms with Crippen LogP contribution in [0.5, 0.6) is 11.5 Å². The summed E-state index contributed by atoms with van der Waals surface area (Å²) >= 11 is 0. The number of carbonyl (C=O) groups is 1. The third kappa shape index (κ3) is 7.35. The van der Waals surface area contributed by atoms with Gasteiger partial charge in [-0.3, -0.25) is 4.79 Å². The van der Waals surface area contributed by atoms with E-state index in [1.165, 1.54) is 25.4 Å². The summed E-state index contributed by atoms with van der Waals surface area (Å²) < 4.78 is 37.2. The number of carbonyl (C=O) groups excluding carboxylic acids is 1. The van der Waals surface area contributed by atoms with Crippen molar-refractivity contribution in [3.8, 4) is 11.5 Å². The number of hydrazone groups is 1. The molecule has 0 aliphatic rings. The number of nitrogens with zero attached hydrogens (tertiary/aromatic N) is 2. The summed E-state index contributed by atoms with van der Waals surface area (Å²) in [5.74, 6) is 1.19. The fraction of sp³-hybridized carbons (Fsp3) is 0.391. The second-order valence-corrected chi connectivity index (χ2v) is 9.85. The van der Waals surface area contributed by atoms with Gasteiger partial charge in [0, 0.05) is 7.05 Å². The molecule has 32 heavy (non-hydrogen) atoms. The number of sulfonamides is 1. The first-order valence-corrected chi connectivity index (χ1v) is 11.7. The van der Waals surface area contributed by atoms with Crippen LogP contribution in [0.15, 0.2) is 52.5 Å². The van der Waals surface area contributed by atoms with Crippen molar-refractivity contribution < 1.29 is 22.7 Å². The van der Waals surface area contributed by atoms with Gasteiger partial charge in [-0.25, -0.2) is 13.8 Å². The van der Waals surface area contributed by atoms with E-state index in [-0.39, 0.29) is 11.4 Å². The van der Waals surface area contributed by atoms with Crippen LogP contribution in [-0.4, -0.2) is 52.2 Å². The van der Waals surface area contributed by atoms with Crippen molar-refractivity contribution in [2.24, 2.45) is 11.0 Å². The zero-order valence-electron chi connectivity index (χ0n) is 19.2. The Morgan fingerprint density at radius 3 is 2.47 bits per heavy atom. The molecule has 0 aromatic heterocycles. The molecule has 0 saturated carbocycles. The molecule has 8 nitrogen and oxygen atoms in total. The number of amides is 1. The van der Waals surface area contributed by atoms with Gasteiger partial charge in [0.2, 0.25) is 10.0 Å². The quantitative estimate of drug-likeness (QED) is 0.409. The predicted molar refractivity (Wildman–Crippen MR) is 125 cm³/mol. The van der Waals surface area contributed by atoms with Gasteiger partial charge in [-0.05, 0) is 55.2 Å². The molecule has 0 fully saturated rings. The van der Waals surface area contributed by atoms with Gasteiger partial charge in [0.15, 0.2) is 11.5 Å². The number of nitrogens with one attached hydrogen (secondary N) is 1. The average Bonchev–Trinajstić information content (AvgIpc) is 2.74. The molecule has 0 unspecified atom stereocenters. The number of rotatable bonds is 11. The van der Waals surface area contributed by atoms with Crippen molar-refractivity contribution in [2.75, 3.05) is 27.3 Å². The Hall–Kier alpha value is -2.91. The van der Waals surface area contributed by atoms with Crippen LogP contribution in [0.25, 0.3) is 0 Å². The van der Waals surface area contributed by atoms with E-state index in [4.69, 9.17) is 9.47 Å². The van der Waals surface area contributed by atoms with Crippen LogP contribution in [-0.2, 0) is 14.8 Å². The Bertz CT molecular complexity index is 1030. The van der Waals surface area contributed by atoms with Gasteiger partial charge in [-0.15, -0.1) is 0 Å². The van der Waals surface area contributed by atoms with E-state index in [0.717, 1.165) is 16.3 Å². The molecule has 0 bridgehead atoms. The van der Waals surface area contributed by atoms with Crippen molar-refractivity contribution in [3.63, 3.8) is 0 Å². The summed E-state index contributed by atoms with van der Waals surface area (Å²) in [7, 11) is -0.863. The van der Waals surface area contributed by atoms with Gasteiger partial charge in [-0.2, -0.15) is 9.41 Å². The molecule has 0 atom stereocenters. The molecule has 0 heterocycles. The third-order valence-corrected chi connectivity index (χ3v) is 6.46. The summed E-state index contributed by atoms with van der Waals surface area (Å²) in [6.07, 6.45) is 2.39. The minimum absolute atomic E-state index is 0.129. The van der Waals surface area contributed by atoms with Crippen LogP contribution < -0.4 is 14.9 Å². The zero-order valence-corrected chi connectivity index (χ0v) is 20.0. The topological polar surface area (TPSA) is 97.3 Å². The molecule has 0 aliphatic heterocycles. The fourth-order valence-electron chi connectivity index (χ4n) is 2.68. The molecular formula is C23H31N3O5S. The summed E-state index contributed by atoms with van der Waals surface area (Å²) in [6, 6.07) is 11.8. The molecule has 2 aromatic rings. The van der Waals surface area contributed by atoms with Crippen LogP contribution in [0.4, 0.5) is 0 Å². The maximum absolute atomic E-state index is 12.6. The Labute approximate surface area is 190 Å². The third-order valence-electron chi connectivity index (χ3n) is 4.64. The van der Waals surface area contributed by atoms with E-state index < -0.39 is 15.9 Å². The first-order valence-electron chi connectivity index (χ1n) is 10.3. The Kier molecular flexibility index (Phi) is 9.22. The van der Waals surface area contributed by atoms with Crippen LogP contribution in [0.3, 0.4) is 0 Å². The van der Waals surface area contributed by atoms with Crippen molar-refractivity contribution >= 4 is 22.1 Å². The molecular weight excluding hydrogens is 430 g/mol. The molecule has 2 rings (SSSR count). The summed E-state index contributed by atoms with van der Waals surface area (Å²) in [4.78, 5) is 12.3. The Morgan fingerprint density at radius 1 is 1.16 bits per heavy atom. The van der Waals surface area contributed by atoms with Gasteiger partial charge in [0.05, 0.1) is 31.4 Å². The van der Waals surface area contributed by atoms with Crippen molar-refractivity contribution in [3.05, 3.63) is 53.6 Å². The van der Waals surface area contributed by atoms with Gasteiger partial charge in [0.25, 0.3) is 5.91 Å². The van der Waals surface area contributed by atoms with E-state index in [0.29, 0.717) is 29.6 Å². The highest BCUT2D eigenvalue weighted by Crippen LogP contribution is 2.28. The number of benzene rings is 2. The van der Waals surface area contributed by atoms with Gasteiger partial charge in [0.1, 0.15) is 0 Å². The molecule has 0 aliphatic carbocycles. The number of ether oxygens (including phenoxy) is 2. The molecule has 174 valence electrons. The van der Waals surface area contributed by atoms with Gasteiger partial charge < -0.3 is 9.47 Å². The first-order chi connectivity index (χ1) is 15.1. The monoisotopic (exact) mass is 461 g/mol. The van der Waals surface area contributed by atoms with E-state index in [9.17, 15) is 13.2 Å². The van der Waals surface area contributed by atoms with E-state index in [1.54, 1.807) is 37.4 Å². The normalized spacial score (nSPS) is 11.8. The molecule has 9 heteroatoms. The standard InChI is InChI=1S/C23H31N3O5S/c1-17(2)12-13-31-21-11-8-19(14-22(21)30-5)15-24-25-23(27)16-26(4)32(28,29)20-9-6-18(3)7-10-20/h6-11,14-15,17H,12-13,16H2,1-5H3,(H,25,27)/b24-15+. The second-order valence-electron chi connectivity index (χ2n) is 7.81. The summed E-state index contributed by atoms with van der Waals surface area (Å²) in [5, 5.41) is 3.91. The lowest BCUT2D eigenvalue weighted by atomic mass is 10.1. The van der Waals surface area contributed by atoms with Gasteiger partial charge in [-0.1, -0.05) is 31.5 Å². The average molecular weight is 462 g/mol. The largest absolute Gasteiger partial charge is 0.493 e. The van der Waals surface area contributed by atoms with E-state index in [1.807, 2.05) is 6.92 Å². The Morgan fingerprint density at radius 2 is 1.84 bits per heavy atom. The fourth-order valence-corrected chi connectivity index (χ4v) is 3.81. The number of hydrogen-bond donors (Lipinski definition) is 1. The van der Waals surface area contributed by atoms with Crippen LogP contribution in [0.1, 0.15) is 31.4 Å². The molecule has 0 radical (unpaired) electrons. The number of aryl methyl sites for hydroxylation is 1. The predicted octanol–water partition coefficient (Wildman–Crippen LogP) is 3.20. The lowest BCUT2D eigenvalue weighted by Gasteiger charge is -2.16. The first kappa shape index (κ1) is 25.4. The number of hydrogen-bond acceptors (Lipinski definition) is 6. The molecule has 1 amide bonds. The van der Waals surface area contributed by atoms with Gasteiger partial charge >= 0.3 is 0 Å². The van der Waals surface area contributed by atoms with Crippen molar-refractivity contribution in [1.29, 1.82) is 0 Å². The van der Waals surface area contributed by atoms with Crippen LogP contribution in [0, 0.1) is 12.8 Å². The zero-order chi connectivity index (χ0) is 23.7. The second kappa shape index (κ2) is 11.6. The smallest absolute Gasteiger partial charge is 0.255 e. The van der Waals surface area contributed by atoms with Crippen molar-refractivity contribution in [1.82, 2.24) is 9.73 Å². The highest BCUT2D eigenvalue weighted by atomic mass is 32.2. The Balaban J connectivity index is 1.94. The van der Waals surface area contributed by atoms with E-state index >= 15 is 0 Å². The maximum Gasteiger partial charge on any atom is 0.255 e. The lowest BCUT2D eigenvalue weighted by Crippen LogP contribution is -2.36. The summed E-state index contributed by atoms with van der Waals surface area (Å²) in [6.45, 7) is 6.36. The van der Waals surface area contributed by atoms with Crippen LogP contribution >= 0.6 is 0 Å². The molecule has 0 spiro atoms. The highest BCUT2D eigenvalue weighted by molar-refractivity contribution is 7.89. The van der Waals surface area contributed by atoms with Crippen molar-refractivity contribution in [2.45, 2.75) is 32.1 Å². The number of likely N-dealkylation sites (N-methyl/N-ethyl adjacent to an activating group) is 1. The number of methoxy groups -OCH3 is 1. The highest BCUT2D eigenvalue weighted by Gasteiger charge is 2.22. The van der Waals surface area contributed by atoms with E-state index in [2.05, 4.69) is 24.4 Å². The minimum Gasteiger partial charge on any atom is -0.493 e. The minimum atomic E-state index is -3.76. The maximum atomic E-state index is 12.6. The summed E-state index contributed by atoms with van der Waals surface area (Å²) in [5.41, 5.74) is 3.99. The SMILES string of the molecule is COc1cc(/C=N/NC(=O)CN(C)S(=O)(=O)c2ccc(C)cc2)ccc1OCCC(C)C.